The molecule has 1 atom stereocenters. The molecular formula is C15H16ClN3O2. The van der Waals surface area contributed by atoms with E-state index in [2.05, 4.69) is 10.5 Å². The highest BCUT2D eigenvalue weighted by molar-refractivity contribution is 6.30. The molecule has 1 amide bonds. The first-order valence-corrected chi connectivity index (χ1v) is 7.27. The van der Waals surface area contributed by atoms with Crippen LogP contribution in [0.4, 0.5) is 0 Å². The van der Waals surface area contributed by atoms with Crippen molar-refractivity contribution in [3.63, 3.8) is 0 Å². The quantitative estimate of drug-likeness (QED) is 0.926. The number of hydrogen-bond donors (Lipinski definition) is 1. The molecule has 0 bridgehead atoms. The molecule has 1 aliphatic heterocycles. The van der Waals surface area contributed by atoms with Crippen molar-refractivity contribution < 1.29 is 9.32 Å². The van der Waals surface area contributed by atoms with Crippen molar-refractivity contribution in [3.8, 4) is 11.3 Å². The van der Waals surface area contributed by atoms with E-state index in [1.54, 1.807) is 18.2 Å². The van der Waals surface area contributed by atoms with Crippen LogP contribution < -0.4 is 5.32 Å². The monoisotopic (exact) mass is 305 g/mol. The maximum atomic E-state index is 12.5. The summed E-state index contributed by atoms with van der Waals surface area (Å²) in [5.41, 5.74) is 1.14. The first-order valence-electron chi connectivity index (χ1n) is 6.89. The second kappa shape index (κ2) is 5.87. The number of hydrogen-bond acceptors (Lipinski definition) is 4. The minimum atomic E-state index is -0.0963. The molecule has 2 heterocycles. The molecule has 0 unspecified atom stereocenters. The van der Waals surface area contributed by atoms with Gasteiger partial charge in [0.05, 0.1) is 0 Å². The second-order valence-electron chi connectivity index (χ2n) is 5.14. The summed E-state index contributed by atoms with van der Waals surface area (Å²) < 4.78 is 5.28. The van der Waals surface area contributed by atoms with Crippen LogP contribution in [0.15, 0.2) is 34.9 Å². The van der Waals surface area contributed by atoms with Crippen LogP contribution in [-0.2, 0) is 0 Å². The van der Waals surface area contributed by atoms with Gasteiger partial charge in [-0.1, -0.05) is 28.9 Å². The highest BCUT2D eigenvalue weighted by atomic mass is 35.5. The molecule has 6 heteroatoms. The summed E-state index contributed by atoms with van der Waals surface area (Å²) in [7, 11) is 0. The lowest BCUT2D eigenvalue weighted by Crippen LogP contribution is -2.52. The second-order valence-corrected chi connectivity index (χ2v) is 5.57. The molecule has 2 aromatic rings. The van der Waals surface area contributed by atoms with Gasteiger partial charge in [0.25, 0.3) is 5.91 Å². The molecule has 5 nitrogen and oxygen atoms in total. The maximum Gasteiger partial charge on any atom is 0.276 e. The van der Waals surface area contributed by atoms with E-state index in [1.807, 2.05) is 24.0 Å². The molecular weight excluding hydrogens is 290 g/mol. The van der Waals surface area contributed by atoms with E-state index >= 15 is 0 Å². The summed E-state index contributed by atoms with van der Waals surface area (Å²) in [5.74, 6) is 0.449. The average molecular weight is 306 g/mol. The normalized spacial score (nSPS) is 18.8. The zero-order valence-corrected chi connectivity index (χ0v) is 12.4. The van der Waals surface area contributed by atoms with Gasteiger partial charge in [-0.15, -0.1) is 0 Å². The number of rotatable bonds is 2. The zero-order chi connectivity index (χ0) is 14.8. The van der Waals surface area contributed by atoms with Crippen LogP contribution in [0.2, 0.25) is 5.02 Å². The predicted molar refractivity (Wildman–Crippen MR) is 80.3 cm³/mol. The molecule has 1 aromatic carbocycles. The number of nitrogens with one attached hydrogen (secondary N) is 1. The van der Waals surface area contributed by atoms with Crippen molar-refractivity contribution in [1.29, 1.82) is 0 Å². The standard InChI is InChI=1S/C15H16ClN3O2/c1-10-9-17-5-6-19(10)15(20)13-8-14(21-18-13)11-3-2-4-12(16)7-11/h2-4,7-8,10,17H,5-6,9H2,1H3/t10-/m1/s1. The lowest BCUT2D eigenvalue weighted by atomic mass is 10.1. The molecule has 110 valence electrons. The van der Waals surface area contributed by atoms with Crippen LogP contribution in [0.5, 0.6) is 0 Å². The molecule has 1 fully saturated rings. The van der Waals surface area contributed by atoms with Crippen molar-refractivity contribution in [2.24, 2.45) is 0 Å². The van der Waals surface area contributed by atoms with E-state index < -0.39 is 0 Å². The lowest BCUT2D eigenvalue weighted by Gasteiger charge is -2.33. The molecule has 21 heavy (non-hydrogen) atoms. The van der Waals surface area contributed by atoms with E-state index in [-0.39, 0.29) is 11.9 Å². The largest absolute Gasteiger partial charge is 0.355 e. The van der Waals surface area contributed by atoms with Crippen molar-refractivity contribution in [3.05, 3.63) is 41.0 Å². The van der Waals surface area contributed by atoms with Crippen LogP contribution in [0.3, 0.4) is 0 Å². The SMILES string of the molecule is C[C@@H]1CNCCN1C(=O)c1cc(-c2cccc(Cl)c2)on1. The Morgan fingerprint density at radius 1 is 1.48 bits per heavy atom. The number of carbonyl (C=O) groups is 1. The van der Waals surface area contributed by atoms with Crippen molar-refractivity contribution in [1.82, 2.24) is 15.4 Å². The number of piperazine rings is 1. The van der Waals surface area contributed by atoms with Gasteiger partial charge in [-0.2, -0.15) is 0 Å². The van der Waals surface area contributed by atoms with Crippen LogP contribution in [-0.4, -0.2) is 41.6 Å². The van der Waals surface area contributed by atoms with Crippen molar-refractivity contribution in [2.75, 3.05) is 19.6 Å². The minimum Gasteiger partial charge on any atom is -0.355 e. The lowest BCUT2D eigenvalue weighted by molar-refractivity contribution is 0.0645. The summed E-state index contributed by atoms with van der Waals surface area (Å²) in [6.45, 7) is 4.29. The zero-order valence-electron chi connectivity index (χ0n) is 11.7. The Morgan fingerprint density at radius 2 is 2.33 bits per heavy atom. The topological polar surface area (TPSA) is 58.4 Å². The molecule has 0 spiro atoms. The highest BCUT2D eigenvalue weighted by Crippen LogP contribution is 2.24. The summed E-state index contributed by atoms with van der Waals surface area (Å²) in [6.07, 6.45) is 0. The van der Waals surface area contributed by atoms with E-state index in [0.29, 0.717) is 23.0 Å². The molecule has 0 saturated carbocycles. The number of nitrogens with zero attached hydrogens (tertiary/aromatic N) is 2. The Balaban J connectivity index is 1.83. The van der Waals surface area contributed by atoms with Crippen LogP contribution in [0, 0.1) is 0 Å². The number of carbonyl (C=O) groups excluding carboxylic acids is 1. The number of amides is 1. The Kier molecular flexibility index (Phi) is 3.94. The third-order valence-electron chi connectivity index (χ3n) is 3.60. The number of benzene rings is 1. The van der Waals surface area contributed by atoms with Crippen molar-refractivity contribution in [2.45, 2.75) is 13.0 Å². The van der Waals surface area contributed by atoms with Gasteiger partial charge in [-0.3, -0.25) is 4.79 Å². The summed E-state index contributed by atoms with van der Waals surface area (Å²) in [5, 5.41) is 7.78. The summed E-state index contributed by atoms with van der Waals surface area (Å²) in [6, 6.07) is 9.09. The van der Waals surface area contributed by atoms with Crippen molar-refractivity contribution >= 4 is 17.5 Å². The van der Waals surface area contributed by atoms with Gasteiger partial charge in [0.1, 0.15) is 0 Å². The fourth-order valence-corrected chi connectivity index (χ4v) is 2.63. The van der Waals surface area contributed by atoms with Gasteiger partial charge in [0, 0.05) is 42.3 Å². The smallest absolute Gasteiger partial charge is 0.276 e. The Labute approximate surface area is 127 Å². The molecule has 1 aromatic heterocycles. The fraction of sp³-hybridized carbons (Fsp3) is 0.333. The van der Waals surface area contributed by atoms with E-state index in [1.165, 1.54) is 0 Å². The first-order chi connectivity index (χ1) is 10.1. The van der Waals surface area contributed by atoms with E-state index in [0.717, 1.165) is 18.7 Å². The third-order valence-corrected chi connectivity index (χ3v) is 3.84. The van der Waals surface area contributed by atoms with E-state index in [4.69, 9.17) is 16.1 Å². The molecule has 1 aliphatic rings. The average Bonchev–Trinajstić information content (AvgIpc) is 2.97. The highest BCUT2D eigenvalue weighted by Gasteiger charge is 2.26. The predicted octanol–water partition coefficient (Wildman–Crippen LogP) is 2.43. The molecule has 1 N–H and O–H groups in total. The minimum absolute atomic E-state index is 0.0963. The molecule has 0 radical (unpaired) electrons. The Morgan fingerprint density at radius 3 is 3.10 bits per heavy atom. The summed E-state index contributed by atoms with van der Waals surface area (Å²) >= 11 is 5.96. The van der Waals surface area contributed by atoms with Gasteiger partial charge < -0.3 is 14.7 Å². The number of halogens is 1. The van der Waals surface area contributed by atoms with Crippen LogP contribution in [0.1, 0.15) is 17.4 Å². The molecule has 1 saturated heterocycles. The van der Waals surface area contributed by atoms with Gasteiger partial charge >= 0.3 is 0 Å². The molecule has 3 rings (SSSR count). The van der Waals surface area contributed by atoms with Gasteiger partial charge in [-0.05, 0) is 19.1 Å². The maximum absolute atomic E-state index is 12.5. The van der Waals surface area contributed by atoms with Gasteiger partial charge in [0.2, 0.25) is 0 Å². The van der Waals surface area contributed by atoms with Crippen LogP contribution in [0.25, 0.3) is 11.3 Å². The Bertz CT molecular complexity index is 656. The molecule has 0 aliphatic carbocycles. The van der Waals surface area contributed by atoms with E-state index in [9.17, 15) is 4.79 Å². The van der Waals surface area contributed by atoms with Crippen LogP contribution >= 0.6 is 11.6 Å². The van der Waals surface area contributed by atoms with Gasteiger partial charge in [-0.25, -0.2) is 0 Å². The first kappa shape index (κ1) is 14.1. The Hall–Kier alpha value is -1.85. The summed E-state index contributed by atoms with van der Waals surface area (Å²) in [4.78, 5) is 14.3. The fourth-order valence-electron chi connectivity index (χ4n) is 2.44. The van der Waals surface area contributed by atoms with Gasteiger partial charge in [0.15, 0.2) is 11.5 Å². The third kappa shape index (κ3) is 2.94. The number of aromatic nitrogens is 1.